The van der Waals surface area contributed by atoms with Gasteiger partial charge in [0.15, 0.2) is 23.9 Å². The summed E-state index contributed by atoms with van der Waals surface area (Å²) in [5, 5.41) is 21.2. The Bertz CT molecular complexity index is 1410. The third-order valence-corrected chi connectivity index (χ3v) is 5.72. The standard InChI is InChI=1S/C27H21NO9/c29-17-4-1-15(2-5-17)9-20(27(32)33)28-25(30)13-34-18-6-7-19-22(12-18)37-24(26(19)31)11-16-3-8-21-23(10-16)36-14-35-21/h1-8,10-12,20,29H,9,13-14H2,(H,28,30)(H,32,33). The molecule has 3 N–H and O–H groups in total. The van der Waals surface area contributed by atoms with Gasteiger partial charge < -0.3 is 34.5 Å². The molecule has 10 nitrogen and oxygen atoms in total. The molecular weight excluding hydrogens is 482 g/mol. The third-order valence-electron chi connectivity index (χ3n) is 5.72. The minimum atomic E-state index is -1.20. The number of carboxylic acid groups (broad SMARTS) is 1. The third kappa shape index (κ3) is 5.32. The molecular formula is C27H21NO9. The number of allylic oxidation sites excluding steroid dienone is 1. The number of ether oxygens (including phenoxy) is 4. The number of rotatable bonds is 8. The molecule has 0 saturated heterocycles. The molecule has 0 bridgehead atoms. The summed E-state index contributed by atoms with van der Waals surface area (Å²) in [6, 6.07) is 14.7. The van der Waals surface area contributed by atoms with E-state index in [0.717, 1.165) is 0 Å². The van der Waals surface area contributed by atoms with Crippen molar-refractivity contribution >= 4 is 23.7 Å². The van der Waals surface area contributed by atoms with Gasteiger partial charge in [0.25, 0.3) is 5.91 Å². The monoisotopic (exact) mass is 503 g/mol. The molecule has 1 unspecified atom stereocenters. The Morgan fingerprint density at radius 3 is 2.57 bits per heavy atom. The molecule has 2 aliphatic rings. The summed E-state index contributed by atoms with van der Waals surface area (Å²) in [6.07, 6.45) is 1.63. The highest BCUT2D eigenvalue weighted by Gasteiger charge is 2.28. The van der Waals surface area contributed by atoms with E-state index in [2.05, 4.69) is 5.32 Å². The van der Waals surface area contributed by atoms with Gasteiger partial charge in [0, 0.05) is 12.5 Å². The largest absolute Gasteiger partial charge is 0.508 e. The quantitative estimate of drug-likeness (QED) is 0.396. The molecule has 0 fully saturated rings. The first kappa shape index (κ1) is 23.7. The maximum Gasteiger partial charge on any atom is 0.326 e. The smallest absolute Gasteiger partial charge is 0.326 e. The number of ketones is 1. The molecule has 3 aromatic carbocycles. The number of Topliss-reactive ketones (excluding diaryl/α,β-unsaturated/α-hetero) is 1. The number of carboxylic acids is 1. The second-order valence-electron chi connectivity index (χ2n) is 8.33. The van der Waals surface area contributed by atoms with Crippen LogP contribution in [0.1, 0.15) is 21.5 Å². The summed E-state index contributed by atoms with van der Waals surface area (Å²) < 4.78 is 21.9. The highest BCUT2D eigenvalue weighted by molar-refractivity contribution is 6.14. The summed E-state index contributed by atoms with van der Waals surface area (Å²) in [4.78, 5) is 36.7. The average molecular weight is 503 g/mol. The lowest BCUT2D eigenvalue weighted by Crippen LogP contribution is -2.44. The van der Waals surface area contributed by atoms with E-state index in [1.54, 1.807) is 36.4 Å². The minimum absolute atomic E-state index is 0.0363. The van der Waals surface area contributed by atoms with Crippen LogP contribution in [0.15, 0.2) is 66.4 Å². The van der Waals surface area contributed by atoms with Gasteiger partial charge in [0.1, 0.15) is 23.3 Å². The lowest BCUT2D eigenvalue weighted by atomic mass is 10.1. The molecule has 0 spiro atoms. The van der Waals surface area contributed by atoms with E-state index >= 15 is 0 Å². The molecule has 0 aromatic heterocycles. The number of nitrogens with one attached hydrogen (secondary N) is 1. The van der Waals surface area contributed by atoms with Gasteiger partial charge in [0.2, 0.25) is 12.6 Å². The molecule has 1 amide bonds. The van der Waals surface area contributed by atoms with Gasteiger partial charge in [-0.25, -0.2) is 4.79 Å². The van der Waals surface area contributed by atoms with Crippen molar-refractivity contribution in [3.63, 3.8) is 0 Å². The lowest BCUT2D eigenvalue weighted by Gasteiger charge is -2.15. The number of phenols is 1. The summed E-state index contributed by atoms with van der Waals surface area (Å²) in [6.45, 7) is -0.293. The summed E-state index contributed by atoms with van der Waals surface area (Å²) >= 11 is 0. The van der Waals surface area contributed by atoms with Crippen LogP contribution in [0.3, 0.4) is 0 Å². The molecule has 10 heteroatoms. The Morgan fingerprint density at radius 2 is 1.78 bits per heavy atom. The van der Waals surface area contributed by atoms with E-state index in [4.69, 9.17) is 18.9 Å². The molecule has 2 heterocycles. The van der Waals surface area contributed by atoms with Gasteiger partial charge in [-0.1, -0.05) is 18.2 Å². The van der Waals surface area contributed by atoms with Crippen LogP contribution in [0.4, 0.5) is 0 Å². The Labute approximate surface area is 210 Å². The highest BCUT2D eigenvalue weighted by Crippen LogP contribution is 2.37. The number of benzene rings is 3. The SMILES string of the molecule is O=C(COc1ccc2c(c1)OC(=Cc1ccc3c(c1)OCO3)C2=O)NC(Cc1ccc(O)cc1)C(=O)O. The molecule has 5 rings (SSSR count). The van der Waals surface area contributed by atoms with Crippen LogP contribution in [0, 0.1) is 0 Å². The number of aliphatic carboxylic acids is 1. The maximum atomic E-state index is 12.7. The Kier molecular flexibility index (Phi) is 6.38. The first-order valence-electron chi connectivity index (χ1n) is 11.3. The fourth-order valence-electron chi connectivity index (χ4n) is 3.86. The summed E-state index contributed by atoms with van der Waals surface area (Å²) in [5.41, 5.74) is 1.69. The number of aromatic hydroxyl groups is 1. The van der Waals surface area contributed by atoms with Crippen molar-refractivity contribution in [1.29, 1.82) is 0 Å². The highest BCUT2D eigenvalue weighted by atomic mass is 16.7. The first-order valence-corrected chi connectivity index (χ1v) is 11.3. The number of amides is 1. The van der Waals surface area contributed by atoms with E-state index in [9.17, 15) is 24.6 Å². The molecule has 188 valence electrons. The molecule has 0 saturated carbocycles. The number of hydrogen-bond donors (Lipinski definition) is 3. The van der Waals surface area contributed by atoms with E-state index in [0.29, 0.717) is 28.2 Å². The zero-order chi connectivity index (χ0) is 25.9. The van der Waals surface area contributed by atoms with Crippen LogP contribution in [0.25, 0.3) is 6.08 Å². The lowest BCUT2D eigenvalue weighted by molar-refractivity contribution is -0.142. The number of phenolic OH excluding ortho intramolecular Hbond substituents is 1. The van der Waals surface area contributed by atoms with E-state index in [1.807, 2.05) is 0 Å². The molecule has 0 radical (unpaired) electrons. The van der Waals surface area contributed by atoms with E-state index < -0.39 is 24.5 Å². The molecule has 0 aliphatic carbocycles. The summed E-state index contributed by atoms with van der Waals surface area (Å²) in [5.74, 6) is -0.173. The first-order chi connectivity index (χ1) is 17.9. The number of hydrogen-bond acceptors (Lipinski definition) is 8. The van der Waals surface area contributed by atoms with Crippen molar-refractivity contribution < 1.29 is 43.5 Å². The zero-order valence-corrected chi connectivity index (χ0v) is 19.3. The van der Waals surface area contributed by atoms with Gasteiger partial charge in [-0.3, -0.25) is 9.59 Å². The fourth-order valence-corrected chi connectivity index (χ4v) is 3.86. The van der Waals surface area contributed by atoms with Crippen LogP contribution in [0.5, 0.6) is 28.7 Å². The Hall–Kier alpha value is -4.99. The van der Waals surface area contributed by atoms with Crippen LogP contribution in [-0.4, -0.2) is 47.3 Å². The molecule has 1 atom stereocenters. The van der Waals surface area contributed by atoms with Crippen molar-refractivity contribution in [2.45, 2.75) is 12.5 Å². The molecule has 3 aromatic rings. The fraction of sp³-hybridized carbons (Fsp3) is 0.148. The second-order valence-corrected chi connectivity index (χ2v) is 8.33. The van der Waals surface area contributed by atoms with Crippen molar-refractivity contribution in [2.24, 2.45) is 0 Å². The van der Waals surface area contributed by atoms with Crippen molar-refractivity contribution in [3.05, 3.63) is 83.1 Å². The Balaban J connectivity index is 1.20. The zero-order valence-electron chi connectivity index (χ0n) is 19.3. The second kappa shape index (κ2) is 9.94. The number of carbonyl (C=O) groups is 3. The number of fused-ring (bicyclic) bond motifs is 2. The van der Waals surface area contributed by atoms with Crippen LogP contribution >= 0.6 is 0 Å². The van der Waals surface area contributed by atoms with Gasteiger partial charge in [-0.05, 0) is 53.6 Å². The molecule has 2 aliphatic heterocycles. The average Bonchev–Trinajstić information content (AvgIpc) is 3.47. The normalized spacial score (nSPS) is 15.1. The van der Waals surface area contributed by atoms with Crippen LogP contribution in [-0.2, 0) is 16.0 Å². The predicted molar refractivity (Wildman–Crippen MR) is 129 cm³/mol. The van der Waals surface area contributed by atoms with Crippen molar-refractivity contribution in [1.82, 2.24) is 5.32 Å². The van der Waals surface area contributed by atoms with Gasteiger partial charge in [-0.2, -0.15) is 0 Å². The Morgan fingerprint density at radius 1 is 1.00 bits per heavy atom. The summed E-state index contributed by atoms with van der Waals surface area (Å²) in [7, 11) is 0. The topological polar surface area (TPSA) is 141 Å². The van der Waals surface area contributed by atoms with Crippen molar-refractivity contribution in [3.8, 4) is 28.7 Å². The minimum Gasteiger partial charge on any atom is -0.508 e. The van der Waals surface area contributed by atoms with E-state index in [-0.39, 0.29) is 42.0 Å². The maximum absolute atomic E-state index is 12.7. The van der Waals surface area contributed by atoms with E-state index in [1.165, 1.54) is 30.3 Å². The van der Waals surface area contributed by atoms with Crippen molar-refractivity contribution in [2.75, 3.05) is 13.4 Å². The van der Waals surface area contributed by atoms with Gasteiger partial charge in [0.05, 0.1) is 5.56 Å². The van der Waals surface area contributed by atoms with Gasteiger partial charge >= 0.3 is 5.97 Å². The number of carbonyl (C=O) groups excluding carboxylic acids is 2. The molecule has 37 heavy (non-hydrogen) atoms. The van der Waals surface area contributed by atoms with Crippen LogP contribution < -0.4 is 24.3 Å². The predicted octanol–water partition coefficient (Wildman–Crippen LogP) is 2.93. The van der Waals surface area contributed by atoms with Gasteiger partial charge in [-0.15, -0.1) is 0 Å². The van der Waals surface area contributed by atoms with Crippen LogP contribution in [0.2, 0.25) is 0 Å².